The van der Waals surface area contributed by atoms with Crippen LogP contribution in [0.2, 0.25) is 0 Å². The molecular weight excluding hydrogens is 354 g/mol. The van der Waals surface area contributed by atoms with Crippen molar-refractivity contribution in [3.05, 3.63) is 43.0 Å². The van der Waals surface area contributed by atoms with Crippen molar-refractivity contribution in [2.45, 2.75) is 64.9 Å². The highest BCUT2D eigenvalue weighted by Crippen LogP contribution is 2.47. The van der Waals surface area contributed by atoms with Gasteiger partial charge in [-0.15, -0.1) is 0 Å². The van der Waals surface area contributed by atoms with Gasteiger partial charge in [0.1, 0.15) is 0 Å². The SMILES string of the molecule is CC[C@@]1(CCCN=[N+]=[N-])O[C@@H](n2cc(C)c(=O)[nH]c2=O)[C@H](OC(C)=O)[C@@H]1C. The molecule has 0 amide bonds. The van der Waals surface area contributed by atoms with Crippen LogP contribution in [-0.2, 0) is 14.3 Å². The first-order valence-corrected chi connectivity index (χ1v) is 8.93. The van der Waals surface area contributed by atoms with Gasteiger partial charge in [0.05, 0.1) is 5.60 Å². The molecule has 2 rings (SSSR count). The zero-order chi connectivity index (χ0) is 20.2. The van der Waals surface area contributed by atoms with E-state index in [9.17, 15) is 14.4 Å². The molecule has 0 aliphatic carbocycles. The quantitative estimate of drug-likeness (QED) is 0.254. The van der Waals surface area contributed by atoms with Crippen LogP contribution in [0.25, 0.3) is 10.4 Å². The van der Waals surface area contributed by atoms with E-state index in [1.165, 1.54) is 17.7 Å². The van der Waals surface area contributed by atoms with Gasteiger partial charge >= 0.3 is 11.7 Å². The summed E-state index contributed by atoms with van der Waals surface area (Å²) in [5.74, 6) is -0.683. The second-order valence-corrected chi connectivity index (χ2v) is 6.83. The summed E-state index contributed by atoms with van der Waals surface area (Å²) in [4.78, 5) is 40.7. The summed E-state index contributed by atoms with van der Waals surface area (Å²) in [7, 11) is 0. The molecule has 27 heavy (non-hydrogen) atoms. The molecule has 1 N–H and O–H groups in total. The molecule has 148 valence electrons. The summed E-state index contributed by atoms with van der Waals surface area (Å²) in [6.07, 6.45) is 1.67. The third kappa shape index (κ3) is 4.23. The predicted molar refractivity (Wildman–Crippen MR) is 97.2 cm³/mol. The Morgan fingerprint density at radius 2 is 2.22 bits per heavy atom. The topological polar surface area (TPSA) is 139 Å². The molecule has 0 radical (unpaired) electrons. The number of carbonyl (C=O) groups is 1. The number of nitrogens with zero attached hydrogens (tertiary/aromatic N) is 4. The van der Waals surface area contributed by atoms with Gasteiger partial charge in [0.25, 0.3) is 5.56 Å². The first kappa shape index (κ1) is 20.7. The monoisotopic (exact) mass is 379 g/mol. The van der Waals surface area contributed by atoms with Crippen LogP contribution in [0.4, 0.5) is 0 Å². The maximum atomic E-state index is 12.3. The van der Waals surface area contributed by atoms with Crippen molar-refractivity contribution in [1.29, 1.82) is 0 Å². The Bertz CT molecular complexity index is 856. The molecule has 0 unspecified atom stereocenters. The first-order valence-electron chi connectivity index (χ1n) is 8.93. The van der Waals surface area contributed by atoms with Crippen molar-refractivity contribution in [2.75, 3.05) is 6.54 Å². The summed E-state index contributed by atoms with van der Waals surface area (Å²) >= 11 is 0. The summed E-state index contributed by atoms with van der Waals surface area (Å²) in [5, 5.41) is 3.55. The van der Waals surface area contributed by atoms with Gasteiger partial charge < -0.3 is 9.47 Å². The van der Waals surface area contributed by atoms with Gasteiger partial charge in [-0.25, -0.2) is 4.79 Å². The third-order valence-electron chi connectivity index (χ3n) is 5.20. The Hall–Kier alpha value is -2.58. The van der Waals surface area contributed by atoms with Crippen molar-refractivity contribution in [2.24, 2.45) is 11.0 Å². The lowest BCUT2D eigenvalue weighted by Gasteiger charge is -2.32. The molecule has 1 aliphatic rings. The lowest BCUT2D eigenvalue weighted by molar-refractivity contribution is -0.154. The molecule has 2 heterocycles. The number of ether oxygens (including phenoxy) is 2. The fraction of sp³-hybridized carbons (Fsp3) is 0.706. The van der Waals surface area contributed by atoms with Gasteiger partial charge in [0.15, 0.2) is 12.3 Å². The highest BCUT2D eigenvalue weighted by Gasteiger charge is 2.54. The number of aryl methyl sites for hydroxylation is 1. The average molecular weight is 379 g/mol. The lowest BCUT2D eigenvalue weighted by Crippen LogP contribution is -2.38. The maximum Gasteiger partial charge on any atom is 0.330 e. The van der Waals surface area contributed by atoms with E-state index in [1.807, 2.05) is 13.8 Å². The van der Waals surface area contributed by atoms with Crippen molar-refractivity contribution in [3.63, 3.8) is 0 Å². The number of rotatable bonds is 7. The number of esters is 1. The molecule has 1 aromatic heterocycles. The number of nitrogens with one attached hydrogen (secondary N) is 1. The predicted octanol–water partition coefficient (Wildman–Crippen LogP) is 2.18. The third-order valence-corrected chi connectivity index (χ3v) is 5.20. The number of aromatic nitrogens is 2. The van der Waals surface area contributed by atoms with Crippen LogP contribution in [0.3, 0.4) is 0 Å². The second kappa shape index (κ2) is 8.41. The number of azide groups is 1. The van der Waals surface area contributed by atoms with E-state index in [2.05, 4.69) is 15.0 Å². The summed E-state index contributed by atoms with van der Waals surface area (Å²) in [6, 6.07) is 0. The van der Waals surface area contributed by atoms with E-state index in [-0.39, 0.29) is 5.92 Å². The molecule has 0 saturated carbocycles. The molecule has 1 aliphatic heterocycles. The number of carbonyl (C=O) groups excluding carboxylic acids is 1. The minimum Gasteiger partial charge on any atom is -0.457 e. The molecule has 1 fully saturated rings. The fourth-order valence-electron chi connectivity index (χ4n) is 3.67. The van der Waals surface area contributed by atoms with Crippen LogP contribution in [0, 0.1) is 12.8 Å². The first-order chi connectivity index (χ1) is 12.8. The lowest BCUT2D eigenvalue weighted by atomic mass is 9.81. The number of hydrogen-bond acceptors (Lipinski definition) is 6. The molecule has 1 saturated heterocycles. The van der Waals surface area contributed by atoms with Gasteiger partial charge in [0, 0.05) is 36.1 Å². The van der Waals surface area contributed by atoms with Crippen molar-refractivity contribution in [3.8, 4) is 0 Å². The van der Waals surface area contributed by atoms with Crippen LogP contribution in [0.1, 0.15) is 51.8 Å². The normalized spacial score (nSPS) is 27.2. The smallest absolute Gasteiger partial charge is 0.330 e. The highest BCUT2D eigenvalue weighted by molar-refractivity contribution is 5.66. The zero-order valence-corrected chi connectivity index (χ0v) is 16.0. The largest absolute Gasteiger partial charge is 0.457 e. The summed E-state index contributed by atoms with van der Waals surface area (Å²) in [5.41, 5.74) is 7.05. The number of hydrogen-bond donors (Lipinski definition) is 1. The Morgan fingerprint density at radius 1 is 1.52 bits per heavy atom. The van der Waals surface area contributed by atoms with Crippen LogP contribution in [-0.4, -0.2) is 33.8 Å². The number of aromatic amines is 1. The molecule has 0 bridgehead atoms. The molecular formula is C17H25N5O5. The second-order valence-electron chi connectivity index (χ2n) is 6.83. The fourth-order valence-corrected chi connectivity index (χ4v) is 3.67. The maximum absolute atomic E-state index is 12.3. The highest BCUT2D eigenvalue weighted by atomic mass is 16.6. The van der Waals surface area contributed by atoms with E-state index < -0.39 is 35.2 Å². The van der Waals surface area contributed by atoms with Crippen LogP contribution >= 0.6 is 0 Å². The van der Waals surface area contributed by atoms with Gasteiger partial charge in [-0.3, -0.25) is 19.1 Å². The van der Waals surface area contributed by atoms with Gasteiger partial charge in [-0.2, -0.15) is 0 Å². The molecule has 4 atom stereocenters. The molecule has 10 nitrogen and oxygen atoms in total. The van der Waals surface area contributed by atoms with Crippen molar-refractivity contribution < 1.29 is 14.3 Å². The van der Waals surface area contributed by atoms with Gasteiger partial charge in [-0.05, 0) is 31.7 Å². The van der Waals surface area contributed by atoms with Crippen molar-refractivity contribution in [1.82, 2.24) is 9.55 Å². The van der Waals surface area contributed by atoms with E-state index >= 15 is 0 Å². The Balaban J connectivity index is 2.44. The Morgan fingerprint density at radius 3 is 2.81 bits per heavy atom. The van der Waals surface area contributed by atoms with Crippen molar-refractivity contribution >= 4 is 5.97 Å². The Labute approximate surface area is 156 Å². The van der Waals surface area contributed by atoms with E-state index in [0.717, 1.165) is 0 Å². The van der Waals surface area contributed by atoms with Crippen LogP contribution < -0.4 is 11.2 Å². The molecule has 1 aromatic rings. The molecule has 10 heteroatoms. The van der Waals surface area contributed by atoms with Crippen LogP contribution in [0.15, 0.2) is 20.9 Å². The standard InChI is InChI=1S/C17H25N5O5/c1-5-17(7-6-8-19-21-18)11(3)13(26-12(4)23)15(27-17)22-9-10(2)14(24)20-16(22)25/h9,11,13,15H,5-8H2,1-4H3,(H,20,24,25)/t11-,13+,15+,17-/m0/s1. The van der Waals surface area contributed by atoms with E-state index in [1.54, 1.807) is 6.92 Å². The van der Waals surface area contributed by atoms with E-state index in [4.69, 9.17) is 15.0 Å². The number of H-pyrrole nitrogens is 1. The van der Waals surface area contributed by atoms with E-state index in [0.29, 0.717) is 31.4 Å². The molecule has 0 aromatic carbocycles. The van der Waals surface area contributed by atoms with Gasteiger partial charge in [-0.1, -0.05) is 19.0 Å². The zero-order valence-electron chi connectivity index (χ0n) is 16.0. The summed E-state index contributed by atoms with van der Waals surface area (Å²) < 4.78 is 13.1. The molecule has 0 spiro atoms. The average Bonchev–Trinajstić information content (AvgIpc) is 2.88. The summed E-state index contributed by atoms with van der Waals surface area (Å²) in [6.45, 7) is 7.08. The minimum absolute atomic E-state index is 0.207. The minimum atomic E-state index is -0.855. The Kier molecular flexibility index (Phi) is 6.45. The van der Waals surface area contributed by atoms with Crippen LogP contribution in [0.5, 0.6) is 0 Å². The van der Waals surface area contributed by atoms with Gasteiger partial charge in [0.2, 0.25) is 0 Å².